The normalized spacial score (nSPS) is 23.4. The molecule has 13 heteroatoms. The zero-order chi connectivity index (χ0) is 31.3. The fourth-order valence-corrected chi connectivity index (χ4v) is 7.95. The minimum absolute atomic E-state index is 0.0156. The molecule has 0 spiro atoms. The average molecular weight is 634 g/mol. The van der Waals surface area contributed by atoms with Crippen molar-refractivity contribution in [1.29, 1.82) is 5.26 Å². The van der Waals surface area contributed by atoms with Crippen LogP contribution in [0.2, 0.25) is 0 Å². The van der Waals surface area contributed by atoms with Crippen LogP contribution in [0.3, 0.4) is 0 Å². The van der Waals surface area contributed by atoms with Crippen molar-refractivity contribution in [1.82, 2.24) is 24.8 Å². The second kappa shape index (κ2) is 11.6. The predicted octanol–water partition coefficient (Wildman–Crippen LogP) is 5.26. The van der Waals surface area contributed by atoms with Gasteiger partial charge >= 0.3 is 6.01 Å². The first-order valence-electron chi connectivity index (χ1n) is 14.9. The number of carbonyl (C=O) groups is 1. The van der Waals surface area contributed by atoms with E-state index in [1.807, 2.05) is 4.90 Å². The van der Waals surface area contributed by atoms with Crippen LogP contribution in [0.25, 0.3) is 32.2 Å². The van der Waals surface area contributed by atoms with Gasteiger partial charge in [-0.15, -0.1) is 11.3 Å². The van der Waals surface area contributed by atoms with Crippen molar-refractivity contribution in [3.05, 3.63) is 54.1 Å². The van der Waals surface area contributed by atoms with Gasteiger partial charge in [0.1, 0.15) is 29.8 Å². The molecule has 3 aliphatic heterocycles. The molecule has 3 aromatic heterocycles. The molecule has 6 heterocycles. The maximum Gasteiger partial charge on any atom is 0.319 e. The lowest BCUT2D eigenvalue weighted by atomic mass is 9.95. The topological polar surface area (TPSA) is 98.5 Å². The molecule has 1 aromatic carbocycles. The van der Waals surface area contributed by atoms with E-state index in [-0.39, 0.29) is 47.8 Å². The number of hydrogen-bond acceptors (Lipinski definition) is 9. The fourth-order valence-electron chi connectivity index (χ4n) is 7.13. The van der Waals surface area contributed by atoms with Gasteiger partial charge in [-0.1, -0.05) is 18.7 Å². The highest BCUT2D eigenvalue weighted by atomic mass is 32.1. The molecule has 7 rings (SSSR count). The average Bonchev–Trinajstić information content (AvgIpc) is 3.70. The highest BCUT2D eigenvalue weighted by Crippen LogP contribution is 2.41. The van der Waals surface area contributed by atoms with Gasteiger partial charge in [0.05, 0.1) is 29.5 Å². The van der Waals surface area contributed by atoms with Gasteiger partial charge in [-0.25, -0.2) is 8.78 Å². The molecule has 0 aliphatic carbocycles. The molecule has 0 saturated carbocycles. The number of thiophene rings is 1. The predicted molar refractivity (Wildman–Crippen MR) is 165 cm³/mol. The van der Waals surface area contributed by atoms with Gasteiger partial charge in [0.25, 0.3) is 0 Å². The van der Waals surface area contributed by atoms with Crippen molar-refractivity contribution in [2.45, 2.75) is 43.4 Å². The lowest BCUT2D eigenvalue weighted by Crippen LogP contribution is -2.55. The molecule has 1 amide bonds. The minimum Gasteiger partial charge on any atom is -0.461 e. The standard InChI is InChI=1S/C32H30F3N7O2S/c1-2-26(43)42-12-11-40(17-20(42)7-9-36)30-23-15-37-28(21-5-3-6-24-22(21)13-25(34)45-24)27(35)29(23)38-31(39-30)44-18-32-8-4-10-41(32)16-19(33)14-32/h2-3,5-6,13,15,19-20H,1,4,7-8,10-12,14,16-18H2/t19-,20+,32+/m1/s1. The third-order valence-electron chi connectivity index (χ3n) is 9.23. The largest absolute Gasteiger partial charge is 0.461 e. The lowest BCUT2D eigenvalue weighted by Gasteiger charge is -2.41. The van der Waals surface area contributed by atoms with Crippen LogP contribution in [0.4, 0.5) is 19.0 Å². The Bertz CT molecular complexity index is 1860. The first-order valence-corrected chi connectivity index (χ1v) is 15.7. The summed E-state index contributed by atoms with van der Waals surface area (Å²) in [5, 5.41) is 9.98. The highest BCUT2D eigenvalue weighted by molar-refractivity contribution is 7.17. The molecule has 3 atom stereocenters. The number of alkyl halides is 1. The second-order valence-electron chi connectivity index (χ2n) is 11.8. The van der Waals surface area contributed by atoms with Gasteiger partial charge in [0.2, 0.25) is 5.91 Å². The monoisotopic (exact) mass is 633 g/mol. The van der Waals surface area contributed by atoms with E-state index in [0.29, 0.717) is 52.9 Å². The number of piperazine rings is 1. The van der Waals surface area contributed by atoms with Crippen molar-refractivity contribution < 1.29 is 22.7 Å². The van der Waals surface area contributed by atoms with Crippen LogP contribution in [0.15, 0.2) is 43.1 Å². The quantitative estimate of drug-likeness (QED) is 0.255. The number of halogens is 3. The molecule has 0 N–H and O–H groups in total. The van der Waals surface area contributed by atoms with Crippen molar-refractivity contribution in [3.63, 3.8) is 0 Å². The number of ether oxygens (including phenoxy) is 1. The molecule has 0 unspecified atom stereocenters. The number of nitrogens with zero attached hydrogens (tertiary/aromatic N) is 7. The van der Waals surface area contributed by atoms with Gasteiger partial charge in [0, 0.05) is 54.4 Å². The van der Waals surface area contributed by atoms with E-state index < -0.39 is 23.6 Å². The summed E-state index contributed by atoms with van der Waals surface area (Å²) in [6.07, 6.45) is 3.94. The maximum atomic E-state index is 16.6. The molecule has 0 bridgehead atoms. The number of pyridine rings is 1. The number of nitriles is 1. The lowest BCUT2D eigenvalue weighted by molar-refractivity contribution is -0.128. The van der Waals surface area contributed by atoms with Crippen molar-refractivity contribution in [3.8, 4) is 23.3 Å². The summed E-state index contributed by atoms with van der Waals surface area (Å²) in [7, 11) is 0. The van der Waals surface area contributed by atoms with E-state index >= 15 is 4.39 Å². The van der Waals surface area contributed by atoms with Gasteiger partial charge in [-0.05, 0) is 37.6 Å². The fraction of sp³-hybridized carbons (Fsp3) is 0.406. The number of fused-ring (bicyclic) bond motifs is 3. The number of anilines is 1. The van der Waals surface area contributed by atoms with Crippen LogP contribution in [-0.2, 0) is 4.79 Å². The van der Waals surface area contributed by atoms with E-state index in [2.05, 4.69) is 27.5 Å². The molecular formula is C32H30F3N7O2S. The van der Waals surface area contributed by atoms with E-state index in [1.54, 1.807) is 23.1 Å². The van der Waals surface area contributed by atoms with Crippen molar-refractivity contribution >= 4 is 44.1 Å². The molecule has 45 heavy (non-hydrogen) atoms. The van der Waals surface area contributed by atoms with E-state index in [4.69, 9.17) is 9.72 Å². The zero-order valence-electron chi connectivity index (χ0n) is 24.4. The van der Waals surface area contributed by atoms with Crippen LogP contribution < -0.4 is 9.64 Å². The van der Waals surface area contributed by atoms with Crippen LogP contribution >= 0.6 is 11.3 Å². The Morgan fingerprint density at radius 2 is 2.09 bits per heavy atom. The molecule has 3 fully saturated rings. The number of amides is 1. The Morgan fingerprint density at radius 3 is 2.91 bits per heavy atom. The number of aromatic nitrogens is 3. The Kier molecular flexibility index (Phi) is 7.57. The molecular weight excluding hydrogens is 603 g/mol. The second-order valence-corrected chi connectivity index (χ2v) is 12.9. The minimum atomic E-state index is -0.940. The molecule has 232 valence electrons. The molecule has 3 saturated heterocycles. The maximum absolute atomic E-state index is 16.6. The van der Waals surface area contributed by atoms with Crippen LogP contribution in [-0.4, -0.2) is 87.7 Å². The summed E-state index contributed by atoms with van der Waals surface area (Å²) in [4.78, 5) is 31.8. The van der Waals surface area contributed by atoms with Crippen LogP contribution in [0.1, 0.15) is 25.7 Å². The molecule has 3 aliphatic rings. The van der Waals surface area contributed by atoms with Gasteiger partial charge in [-0.3, -0.25) is 14.7 Å². The number of benzene rings is 1. The van der Waals surface area contributed by atoms with E-state index in [0.717, 1.165) is 30.7 Å². The smallest absolute Gasteiger partial charge is 0.319 e. The first-order chi connectivity index (χ1) is 21.8. The Hall–Kier alpha value is -4.28. The Morgan fingerprint density at radius 1 is 1.22 bits per heavy atom. The third kappa shape index (κ3) is 5.15. The SMILES string of the molecule is C=CC(=O)N1CCN(c2nc(OC[C@@]34CCCN3C[C@H](F)C4)nc3c(F)c(-c4cccc5sc(F)cc45)ncc23)C[C@@H]1CC#N. The van der Waals surface area contributed by atoms with E-state index in [1.165, 1.54) is 18.3 Å². The number of rotatable bonds is 7. The summed E-state index contributed by atoms with van der Waals surface area (Å²) in [6.45, 7) is 5.80. The van der Waals surface area contributed by atoms with Crippen molar-refractivity contribution in [2.24, 2.45) is 0 Å². The summed E-state index contributed by atoms with van der Waals surface area (Å²) >= 11 is 0.971. The van der Waals surface area contributed by atoms with Gasteiger partial charge in [-0.2, -0.15) is 19.6 Å². The molecule has 0 radical (unpaired) electrons. The Balaban J connectivity index is 1.32. The summed E-state index contributed by atoms with van der Waals surface area (Å²) in [5.74, 6) is -0.623. The highest BCUT2D eigenvalue weighted by Gasteiger charge is 2.49. The van der Waals surface area contributed by atoms with Crippen LogP contribution in [0, 0.1) is 22.3 Å². The van der Waals surface area contributed by atoms with Gasteiger partial charge in [0.15, 0.2) is 10.9 Å². The summed E-state index contributed by atoms with van der Waals surface area (Å²) < 4.78 is 52.0. The zero-order valence-corrected chi connectivity index (χ0v) is 25.2. The number of hydrogen-bond donors (Lipinski definition) is 0. The first kappa shape index (κ1) is 29.4. The van der Waals surface area contributed by atoms with Crippen LogP contribution in [0.5, 0.6) is 6.01 Å². The number of carbonyl (C=O) groups excluding carboxylic acids is 1. The molecule has 9 nitrogen and oxygen atoms in total. The summed E-state index contributed by atoms with van der Waals surface area (Å²) in [5.41, 5.74) is -0.0417. The van der Waals surface area contributed by atoms with E-state index in [9.17, 15) is 18.8 Å². The third-order valence-corrected chi connectivity index (χ3v) is 10.1. The Labute approximate surface area is 261 Å². The molecule has 4 aromatic rings. The summed E-state index contributed by atoms with van der Waals surface area (Å²) in [6, 6.07) is 8.19. The van der Waals surface area contributed by atoms with Crippen molar-refractivity contribution in [2.75, 3.05) is 44.2 Å². The van der Waals surface area contributed by atoms with Gasteiger partial charge < -0.3 is 14.5 Å².